The highest BCUT2D eigenvalue weighted by Gasteiger charge is 2.15. The highest BCUT2D eigenvalue weighted by atomic mass is 16.6. The maximum Gasteiger partial charge on any atom is 0.292 e. The molecule has 0 fully saturated rings. The van der Waals surface area contributed by atoms with Gasteiger partial charge in [0.1, 0.15) is 5.69 Å². The van der Waals surface area contributed by atoms with Crippen molar-refractivity contribution in [2.24, 2.45) is 5.73 Å². The molecule has 102 valence electrons. The molecule has 6 nitrogen and oxygen atoms in total. The Labute approximate surface area is 115 Å². The van der Waals surface area contributed by atoms with Crippen molar-refractivity contribution >= 4 is 17.3 Å². The fourth-order valence-corrected chi connectivity index (χ4v) is 1.77. The summed E-state index contributed by atoms with van der Waals surface area (Å²) in [6.45, 7) is 0.326. The van der Waals surface area contributed by atoms with E-state index in [1.807, 2.05) is 6.07 Å². The SMILES string of the molecule is NCc1cccc(C(=O)Nc2ccccc2[N+](=O)[O-])c1. The summed E-state index contributed by atoms with van der Waals surface area (Å²) < 4.78 is 0. The Morgan fingerprint density at radius 3 is 2.65 bits per heavy atom. The molecule has 0 heterocycles. The minimum absolute atomic E-state index is 0.143. The molecular weight excluding hydrogens is 258 g/mol. The summed E-state index contributed by atoms with van der Waals surface area (Å²) in [4.78, 5) is 22.4. The minimum atomic E-state index is -0.536. The number of hydrogen-bond acceptors (Lipinski definition) is 4. The summed E-state index contributed by atoms with van der Waals surface area (Å²) in [5.41, 5.74) is 6.77. The Morgan fingerprint density at radius 2 is 1.95 bits per heavy atom. The highest BCUT2D eigenvalue weighted by Crippen LogP contribution is 2.23. The zero-order valence-electron chi connectivity index (χ0n) is 10.6. The van der Waals surface area contributed by atoms with E-state index >= 15 is 0 Å². The number of nitro groups is 1. The first-order valence-corrected chi connectivity index (χ1v) is 5.95. The van der Waals surface area contributed by atoms with Gasteiger partial charge in [0.15, 0.2) is 0 Å². The Kier molecular flexibility index (Phi) is 4.07. The van der Waals surface area contributed by atoms with Gasteiger partial charge in [-0.15, -0.1) is 0 Å². The van der Waals surface area contributed by atoms with Gasteiger partial charge in [0, 0.05) is 18.2 Å². The standard InChI is InChI=1S/C14H13N3O3/c15-9-10-4-3-5-11(8-10)14(18)16-12-6-1-2-7-13(12)17(19)20/h1-8H,9,15H2,(H,16,18). The van der Waals surface area contributed by atoms with Crippen molar-refractivity contribution in [3.8, 4) is 0 Å². The van der Waals surface area contributed by atoms with Crippen LogP contribution in [0.4, 0.5) is 11.4 Å². The van der Waals surface area contributed by atoms with E-state index in [0.29, 0.717) is 12.1 Å². The highest BCUT2D eigenvalue weighted by molar-refractivity contribution is 6.05. The summed E-state index contributed by atoms with van der Waals surface area (Å²) in [7, 11) is 0. The first-order chi connectivity index (χ1) is 9.61. The molecule has 0 radical (unpaired) electrons. The summed E-state index contributed by atoms with van der Waals surface area (Å²) >= 11 is 0. The number of benzene rings is 2. The van der Waals surface area contributed by atoms with Gasteiger partial charge < -0.3 is 11.1 Å². The van der Waals surface area contributed by atoms with Crippen molar-refractivity contribution in [2.75, 3.05) is 5.32 Å². The van der Waals surface area contributed by atoms with Crippen LogP contribution in [0.2, 0.25) is 0 Å². The van der Waals surface area contributed by atoms with E-state index in [2.05, 4.69) is 5.32 Å². The lowest BCUT2D eigenvalue weighted by Crippen LogP contribution is -2.13. The average molecular weight is 271 g/mol. The number of amides is 1. The quantitative estimate of drug-likeness (QED) is 0.658. The summed E-state index contributed by atoms with van der Waals surface area (Å²) in [5.74, 6) is -0.408. The predicted octanol–water partition coefficient (Wildman–Crippen LogP) is 2.31. The number of nitro benzene ring substituents is 1. The number of anilines is 1. The monoisotopic (exact) mass is 271 g/mol. The van der Waals surface area contributed by atoms with E-state index in [9.17, 15) is 14.9 Å². The third-order valence-electron chi connectivity index (χ3n) is 2.77. The Bertz CT molecular complexity index is 656. The van der Waals surface area contributed by atoms with Crippen LogP contribution in [-0.4, -0.2) is 10.8 Å². The van der Waals surface area contributed by atoms with E-state index in [1.165, 1.54) is 12.1 Å². The minimum Gasteiger partial charge on any atom is -0.326 e. The second kappa shape index (κ2) is 5.94. The molecule has 1 amide bonds. The van der Waals surface area contributed by atoms with Crippen LogP contribution >= 0.6 is 0 Å². The molecule has 0 saturated heterocycles. The second-order valence-electron chi connectivity index (χ2n) is 4.13. The van der Waals surface area contributed by atoms with Gasteiger partial charge >= 0.3 is 0 Å². The van der Waals surface area contributed by atoms with Gasteiger partial charge in [0.2, 0.25) is 0 Å². The zero-order valence-corrected chi connectivity index (χ0v) is 10.6. The van der Waals surface area contributed by atoms with E-state index in [0.717, 1.165) is 5.56 Å². The van der Waals surface area contributed by atoms with Crippen LogP contribution in [-0.2, 0) is 6.54 Å². The van der Waals surface area contributed by atoms with Crippen LogP contribution in [0.1, 0.15) is 15.9 Å². The van der Waals surface area contributed by atoms with Crippen LogP contribution in [0.25, 0.3) is 0 Å². The van der Waals surface area contributed by atoms with Crippen molar-refractivity contribution in [1.29, 1.82) is 0 Å². The molecule has 0 aliphatic rings. The molecule has 3 N–H and O–H groups in total. The number of para-hydroxylation sites is 2. The molecule has 0 aromatic heterocycles. The van der Waals surface area contributed by atoms with Crippen molar-refractivity contribution in [3.05, 3.63) is 69.8 Å². The molecule has 0 aliphatic heterocycles. The maximum absolute atomic E-state index is 12.1. The van der Waals surface area contributed by atoms with Crippen LogP contribution < -0.4 is 11.1 Å². The maximum atomic E-state index is 12.1. The molecule has 0 spiro atoms. The Morgan fingerprint density at radius 1 is 1.20 bits per heavy atom. The normalized spacial score (nSPS) is 10.1. The number of carbonyl (C=O) groups is 1. The van der Waals surface area contributed by atoms with Gasteiger partial charge in [-0.3, -0.25) is 14.9 Å². The number of nitrogens with zero attached hydrogens (tertiary/aromatic N) is 1. The predicted molar refractivity (Wildman–Crippen MR) is 75.4 cm³/mol. The van der Waals surface area contributed by atoms with Gasteiger partial charge in [-0.05, 0) is 23.8 Å². The van der Waals surface area contributed by atoms with Crippen molar-refractivity contribution in [2.45, 2.75) is 6.54 Å². The largest absolute Gasteiger partial charge is 0.326 e. The van der Waals surface area contributed by atoms with E-state index < -0.39 is 10.8 Å². The van der Waals surface area contributed by atoms with Crippen LogP contribution in [0.3, 0.4) is 0 Å². The summed E-state index contributed by atoms with van der Waals surface area (Å²) in [6.07, 6.45) is 0. The van der Waals surface area contributed by atoms with Crippen LogP contribution in [0, 0.1) is 10.1 Å². The van der Waals surface area contributed by atoms with E-state index in [-0.39, 0.29) is 11.4 Å². The number of hydrogen-bond donors (Lipinski definition) is 2. The molecule has 6 heteroatoms. The Hall–Kier alpha value is -2.73. The lowest BCUT2D eigenvalue weighted by molar-refractivity contribution is -0.383. The van der Waals surface area contributed by atoms with Crippen molar-refractivity contribution in [3.63, 3.8) is 0 Å². The number of rotatable bonds is 4. The van der Waals surface area contributed by atoms with E-state index in [4.69, 9.17) is 5.73 Å². The number of nitrogens with two attached hydrogens (primary N) is 1. The van der Waals surface area contributed by atoms with Crippen LogP contribution in [0.5, 0.6) is 0 Å². The molecule has 0 atom stereocenters. The van der Waals surface area contributed by atoms with Crippen LogP contribution in [0.15, 0.2) is 48.5 Å². The van der Waals surface area contributed by atoms with Gasteiger partial charge in [0.05, 0.1) is 4.92 Å². The average Bonchev–Trinajstić information content (AvgIpc) is 2.47. The molecule has 2 rings (SSSR count). The summed E-state index contributed by atoms with van der Waals surface area (Å²) in [6, 6.07) is 12.8. The molecular formula is C14H13N3O3. The molecule has 0 unspecified atom stereocenters. The number of carbonyl (C=O) groups excluding carboxylic acids is 1. The summed E-state index contributed by atoms with van der Waals surface area (Å²) in [5, 5.41) is 13.4. The van der Waals surface area contributed by atoms with Gasteiger partial charge in [0.25, 0.3) is 11.6 Å². The lowest BCUT2D eigenvalue weighted by atomic mass is 10.1. The lowest BCUT2D eigenvalue weighted by Gasteiger charge is -2.06. The smallest absolute Gasteiger partial charge is 0.292 e. The van der Waals surface area contributed by atoms with Gasteiger partial charge in [-0.1, -0.05) is 24.3 Å². The first-order valence-electron chi connectivity index (χ1n) is 5.95. The topological polar surface area (TPSA) is 98.3 Å². The number of nitrogens with one attached hydrogen (secondary N) is 1. The Balaban J connectivity index is 2.25. The molecule has 0 bridgehead atoms. The fourth-order valence-electron chi connectivity index (χ4n) is 1.77. The molecule has 2 aromatic rings. The van der Waals surface area contributed by atoms with Crippen molar-refractivity contribution < 1.29 is 9.72 Å². The third kappa shape index (κ3) is 2.99. The molecule has 2 aromatic carbocycles. The molecule has 0 saturated carbocycles. The first kappa shape index (κ1) is 13.7. The van der Waals surface area contributed by atoms with Crippen molar-refractivity contribution in [1.82, 2.24) is 0 Å². The third-order valence-corrected chi connectivity index (χ3v) is 2.77. The fraction of sp³-hybridized carbons (Fsp3) is 0.0714. The second-order valence-corrected chi connectivity index (χ2v) is 4.13. The van der Waals surface area contributed by atoms with E-state index in [1.54, 1.807) is 30.3 Å². The van der Waals surface area contributed by atoms with Gasteiger partial charge in [-0.25, -0.2) is 0 Å². The van der Waals surface area contributed by atoms with Gasteiger partial charge in [-0.2, -0.15) is 0 Å². The zero-order chi connectivity index (χ0) is 14.5. The molecule has 0 aliphatic carbocycles. The molecule has 20 heavy (non-hydrogen) atoms.